The molecule has 0 saturated carbocycles. The zero-order valence-electron chi connectivity index (χ0n) is 8.69. The molecule has 2 aromatic rings. The molecule has 0 bridgehead atoms. The third-order valence-electron chi connectivity index (χ3n) is 2.11. The summed E-state index contributed by atoms with van der Waals surface area (Å²) in [5, 5.41) is 16.3. The molecule has 0 fully saturated rings. The lowest BCUT2D eigenvalue weighted by Crippen LogP contribution is -2.00. The Balaban J connectivity index is 2.59. The Kier molecular flexibility index (Phi) is 2.58. The van der Waals surface area contributed by atoms with Crippen LogP contribution in [0.15, 0.2) is 18.2 Å². The predicted octanol–water partition coefficient (Wildman–Crippen LogP) is 1.46. The number of halogens is 2. The first-order valence-corrected chi connectivity index (χ1v) is 4.59. The number of carboxylic acids is 1. The molecular formula is C10H7F2N3O2. The van der Waals surface area contributed by atoms with Gasteiger partial charge in [-0.05, 0) is 18.2 Å². The van der Waals surface area contributed by atoms with Crippen LogP contribution in [0.2, 0.25) is 0 Å². The molecule has 88 valence electrons. The van der Waals surface area contributed by atoms with E-state index >= 15 is 0 Å². The normalized spacial score (nSPS) is 10.5. The van der Waals surface area contributed by atoms with Gasteiger partial charge in [-0.2, -0.15) is 9.90 Å². The lowest BCUT2D eigenvalue weighted by Gasteiger charge is -1.98. The Morgan fingerprint density at radius 3 is 2.59 bits per heavy atom. The Labute approximate surface area is 94.3 Å². The van der Waals surface area contributed by atoms with Gasteiger partial charge in [0.15, 0.2) is 17.3 Å². The van der Waals surface area contributed by atoms with E-state index in [1.807, 2.05) is 0 Å². The number of rotatable bonds is 2. The summed E-state index contributed by atoms with van der Waals surface area (Å²) >= 11 is 0. The second-order valence-electron chi connectivity index (χ2n) is 3.32. The first-order valence-electron chi connectivity index (χ1n) is 4.59. The molecule has 7 heteroatoms. The van der Waals surface area contributed by atoms with Crippen molar-refractivity contribution in [1.82, 2.24) is 15.0 Å². The van der Waals surface area contributed by atoms with Crippen molar-refractivity contribution in [2.75, 3.05) is 0 Å². The van der Waals surface area contributed by atoms with Crippen molar-refractivity contribution in [3.05, 3.63) is 35.5 Å². The van der Waals surface area contributed by atoms with Crippen LogP contribution in [-0.2, 0) is 7.05 Å². The third kappa shape index (κ3) is 1.99. The molecule has 1 N–H and O–H groups in total. The van der Waals surface area contributed by atoms with E-state index in [1.165, 1.54) is 13.1 Å². The number of carboxylic acid groups (broad SMARTS) is 1. The van der Waals surface area contributed by atoms with Crippen LogP contribution in [0.3, 0.4) is 0 Å². The van der Waals surface area contributed by atoms with Crippen LogP contribution in [0.1, 0.15) is 10.5 Å². The molecule has 17 heavy (non-hydrogen) atoms. The van der Waals surface area contributed by atoms with Crippen LogP contribution in [-0.4, -0.2) is 26.1 Å². The van der Waals surface area contributed by atoms with Gasteiger partial charge < -0.3 is 5.11 Å². The Morgan fingerprint density at radius 2 is 2.00 bits per heavy atom. The lowest BCUT2D eigenvalue weighted by atomic mass is 10.1. The molecule has 0 amide bonds. The predicted molar refractivity (Wildman–Crippen MR) is 53.3 cm³/mol. The molecule has 5 nitrogen and oxygen atoms in total. The summed E-state index contributed by atoms with van der Waals surface area (Å²) in [6.07, 6.45) is 0. The van der Waals surface area contributed by atoms with Crippen molar-refractivity contribution < 1.29 is 18.7 Å². The molecule has 0 aliphatic carbocycles. The maximum Gasteiger partial charge on any atom is 0.358 e. The van der Waals surface area contributed by atoms with Crippen LogP contribution in [0, 0.1) is 11.6 Å². The first kappa shape index (κ1) is 11.2. The molecule has 2 rings (SSSR count). The molecule has 0 aliphatic heterocycles. The molecule has 1 heterocycles. The van der Waals surface area contributed by atoms with Gasteiger partial charge in [0.2, 0.25) is 0 Å². The largest absolute Gasteiger partial charge is 0.476 e. The number of nitrogens with zero attached hydrogens (tertiary/aromatic N) is 3. The second kappa shape index (κ2) is 3.93. The molecule has 0 spiro atoms. The molecule has 0 unspecified atom stereocenters. The van der Waals surface area contributed by atoms with E-state index in [1.54, 1.807) is 0 Å². The highest BCUT2D eigenvalue weighted by molar-refractivity contribution is 5.92. The lowest BCUT2D eigenvalue weighted by molar-refractivity contribution is 0.0690. The van der Waals surface area contributed by atoms with Gasteiger partial charge in [-0.3, -0.25) is 0 Å². The number of aromatic carboxylic acids is 1. The zero-order valence-corrected chi connectivity index (χ0v) is 8.69. The minimum absolute atomic E-state index is 0.00102. The number of hydrogen-bond donors (Lipinski definition) is 1. The second-order valence-corrected chi connectivity index (χ2v) is 3.32. The van der Waals surface area contributed by atoms with Crippen molar-refractivity contribution in [1.29, 1.82) is 0 Å². The molecule has 0 aliphatic rings. The third-order valence-corrected chi connectivity index (χ3v) is 2.11. The van der Waals surface area contributed by atoms with Crippen LogP contribution in [0.4, 0.5) is 8.78 Å². The Morgan fingerprint density at radius 1 is 1.29 bits per heavy atom. The van der Waals surface area contributed by atoms with Gasteiger partial charge in [0.25, 0.3) is 0 Å². The van der Waals surface area contributed by atoms with Crippen LogP contribution >= 0.6 is 0 Å². The topological polar surface area (TPSA) is 68.0 Å². The van der Waals surface area contributed by atoms with Crippen molar-refractivity contribution in [2.45, 2.75) is 0 Å². The van der Waals surface area contributed by atoms with E-state index in [-0.39, 0.29) is 17.0 Å². The van der Waals surface area contributed by atoms with Crippen LogP contribution in [0.25, 0.3) is 11.3 Å². The minimum Gasteiger partial charge on any atom is -0.476 e. The summed E-state index contributed by atoms with van der Waals surface area (Å²) in [6, 6.07) is 3.03. The zero-order chi connectivity index (χ0) is 12.6. The number of carbonyl (C=O) groups is 1. The van der Waals surface area contributed by atoms with Crippen LogP contribution < -0.4 is 0 Å². The van der Waals surface area contributed by atoms with Crippen LogP contribution in [0.5, 0.6) is 0 Å². The summed E-state index contributed by atoms with van der Waals surface area (Å²) in [7, 11) is 1.44. The first-order chi connectivity index (χ1) is 7.99. The van der Waals surface area contributed by atoms with E-state index in [2.05, 4.69) is 10.2 Å². The highest BCUT2D eigenvalue weighted by Gasteiger charge is 2.19. The number of aryl methyl sites for hydroxylation is 1. The molecule has 0 atom stereocenters. The van der Waals surface area contributed by atoms with E-state index in [0.29, 0.717) is 0 Å². The number of benzene rings is 1. The van der Waals surface area contributed by atoms with Gasteiger partial charge in [-0.1, -0.05) is 0 Å². The molecule has 0 saturated heterocycles. The minimum atomic E-state index is -1.28. The number of aromatic nitrogens is 3. The van der Waals surface area contributed by atoms with Gasteiger partial charge in [0, 0.05) is 12.6 Å². The smallest absolute Gasteiger partial charge is 0.358 e. The van der Waals surface area contributed by atoms with Gasteiger partial charge in [-0.15, -0.1) is 5.10 Å². The molecule has 1 aromatic heterocycles. The fourth-order valence-corrected chi connectivity index (χ4v) is 1.39. The van der Waals surface area contributed by atoms with E-state index < -0.39 is 17.6 Å². The highest BCUT2D eigenvalue weighted by Crippen LogP contribution is 2.22. The quantitative estimate of drug-likeness (QED) is 0.861. The molecule has 0 radical (unpaired) electrons. The SMILES string of the molecule is Cn1nc(C(=O)O)c(-c2ccc(F)c(F)c2)n1. The van der Waals surface area contributed by atoms with E-state index in [4.69, 9.17) is 5.11 Å². The average Bonchev–Trinajstić information content (AvgIpc) is 2.64. The van der Waals surface area contributed by atoms with Gasteiger partial charge in [0.05, 0.1) is 0 Å². The van der Waals surface area contributed by atoms with Crippen molar-refractivity contribution >= 4 is 5.97 Å². The number of hydrogen-bond acceptors (Lipinski definition) is 3. The Bertz CT molecular complexity index is 595. The fraction of sp³-hybridized carbons (Fsp3) is 0.100. The highest BCUT2D eigenvalue weighted by atomic mass is 19.2. The van der Waals surface area contributed by atoms with E-state index in [0.717, 1.165) is 16.9 Å². The van der Waals surface area contributed by atoms with Crippen molar-refractivity contribution in [2.24, 2.45) is 7.05 Å². The average molecular weight is 239 g/mol. The summed E-state index contributed by atoms with van der Waals surface area (Å²) in [6.45, 7) is 0. The summed E-state index contributed by atoms with van der Waals surface area (Å²) in [4.78, 5) is 11.9. The summed E-state index contributed by atoms with van der Waals surface area (Å²) in [5.41, 5.74) is -0.146. The van der Waals surface area contributed by atoms with Gasteiger partial charge >= 0.3 is 5.97 Å². The van der Waals surface area contributed by atoms with Crippen molar-refractivity contribution in [3.8, 4) is 11.3 Å². The molecular weight excluding hydrogens is 232 g/mol. The Hall–Kier alpha value is -2.31. The summed E-state index contributed by atoms with van der Waals surface area (Å²) in [5.74, 6) is -3.35. The maximum atomic E-state index is 13.0. The fourth-order valence-electron chi connectivity index (χ4n) is 1.39. The van der Waals surface area contributed by atoms with E-state index in [9.17, 15) is 13.6 Å². The standard InChI is InChI=1S/C10H7F2N3O2/c1-15-13-8(9(14-15)10(16)17)5-2-3-6(11)7(12)4-5/h2-4H,1H3,(H,16,17). The summed E-state index contributed by atoms with van der Waals surface area (Å²) < 4.78 is 25.8. The van der Waals surface area contributed by atoms with Gasteiger partial charge in [-0.25, -0.2) is 13.6 Å². The molecule has 1 aromatic carbocycles. The van der Waals surface area contributed by atoms with Crippen molar-refractivity contribution in [3.63, 3.8) is 0 Å². The monoisotopic (exact) mass is 239 g/mol. The van der Waals surface area contributed by atoms with Gasteiger partial charge in [0.1, 0.15) is 5.69 Å². The maximum absolute atomic E-state index is 13.0.